The van der Waals surface area contributed by atoms with Crippen molar-refractivity contribution < 1.29 is 14.1 Å². The molecule has 0 aliphatic carbocycles. The predicted octanol–water partition coefficient (Wildman–Crippen LogP) is 4.13. The van der Waals surface area contributed by atoms with Crippen LogP contribution in [0.5, 0.6) is 0 Å². The summed E-state index contributed by atoms with van der Waals surface area (Å²) >= 11 is 5.95. The number of benzene rings is 2. The summed E-state index contributed by atoms with van der Waals surface area (Å²) in [6.45, 7) is 1.49. The SMILES string of the molecule is CN1CCC(N(C(=O)c2cc(Cl)ccc2F)c2ccccc2[N+](=O)[O-])CC1. The second-order valence-electron chi connectivity index (χ2n) is 6.58. The number of para-hydroxylation sites is 2. The van der Waals surface area contributed by atoms with Crippen molar-refractivity contribution in [3.8, 4) is 0 Å². The number of likely N-dealkylation sites (tertiary alicyclic amines) is 1. The molecule has 0 bridgehead atoms. The van der Waals surface area contributed by atoms with Gasteiger partial charge in [-0.3, -0.25) is 19.8 Å². The molecule has 2 aromatic rings. The third kappa shape index (κ3) is 4.09. The Morgan fingerprint density at radius 1 is 1.26 bits per heavy atom. The molecule has 0 N–H and O–H groups in total. The zero-order valence-corrected chi connectivity index (χ0v) is 15.5. The number of carbonyl (C=O) groups is 1. The molecule has 2 aromatic carbocycles. The molecule has 0 saturated carbocycles. The summed E-state index contributed by atoms with van der Waals surface area (Å²) in [4.78, 5) is 27.7. The van der Waals surface area contributed by atoms with Crippen molar-refractivity contribution in [3.63, 3.8) is 0 Å². The average Bonchev–Trinajstić information content (AvgIpc) is 2.65. The fourth-order valence-corrected chi connectivity index (χ4v) is 3.51. The Morgan fingerprint density at radius 2 is 1.93 bits per heavy atom. The number of anilines is 1. The lowest BCUT2D eigenvalue weighted by molar-refractivity contribution is -0.384. The van der Waals surface area contributed by atoms with E-state index in [-0.39, 0.29) is 28.0 Å². The maximum atomic E-state index is 14.3. The van der Waals surface area contributed by atoms with Crippen molar-refractivity contribution in [2.24, 2.45) is 0 Å². The van der Waals surface area contributed by atoms with Crippen molar-refractivity contribution in [2.45, 2.75) is 18.9 Å². The second kappa shape index (κ2) is 8.02. The van der Waals surface area contributed by atoms with E-state index in [2.05, 4.69) is 4.90 Å². The zero-order valence-electron chi connectivity index (χ0n) is 14.8. The molecule has 0 aromatic heterocycles. The molecule has 1 aliphatic heterocycles. The highest BCUT2D eigenvalue weighted by Crippen LogP contribution is 2.33. The number of amides is 1. The lowest BCUT2D eigenvalue weighted by Gasteiger charge is -2.37. The van der Waals surface area contributed by atoms with Crippen molar-refractivity contribution in [3.05, 3.63) is 69.0 Å². The largest absolute Gasteiger partial charge is 0.306 e. The first-order chi connectivity index (χ1) is 12.9. The van der Waals surface area contributed by atoms with Gasteiger partial charge in [0, 0.05) is 17.1 Å². The lowest BCUT2D eigenvalue weighted by atomic mass is 10.0. The smallest absolute Gasteiger partial charge is 0.292 e. The van der Waals surface area contributed by atoms with E-state index in [4.69, 9.17) is 11.6 Å². The molecule has 1 aliphatic rings. The first-order valence-corrected chi connectivity index (χ1v) is 8.97. The molecule has 27 heavy (non-hydrogen) atoms. The van der Waals surface area contributed by atoms with Gasteiger partial charge in [0.15, 0.2) is 0 Å². The maximum Gasteiger partial charge on any atom is 0.292 e. The molecule has 142 valence electrons. The summed E-state index contributed by atoms with van der Waals surface area (Å²) < 4.78 is 14.3. The number of nitrogens with zero attached hydrogens (tertiary/aromatic N) is 3. The molecule has 1 fully saturated rings. The maximum absolute atomic E-state index is 14.3. The summed E-state index contributed by atoms with van der Waals surface area (Å²) in [5, 5.41) is 11.7. The first kappa shape index (κ1) is 19.3. The summed E-state index contributed by atoms with van der Waals surface area (Å²) in [5.74, 6) is -1.33. The van der Waals surface area contributed by atoms with Gasteiger partial charge in [0.1, 0.15) is 11.5 Å². The molecule has 0 unspecified atom stereocenters. The van der Waals surface area contributed by atoms with Gasteiger partial charge in [0.2, 0.25) is 0 Å². The van der Waals surface area contributed by atoms with Crippen molar-refractivity contribution in [1.82, 2.24) is 4.90 Å². The van der Waals surface area contributed by atoms with E-state index in [1.54, 1.807) is 12.1 Å². The minimum Gasteiger partial charge on any atom is -0.306 e. The highest BCUT2D eigenvalue weighted by Gasteiger charge is 2.34. The van der Waals surface area contributed by atoms with Gasteiger partial charge in [-0.25, -0.2) is 4.39 Å². The van der Waals surface area contributed by atoms with E-state index >= 15 is 0 Å². The van der Waals surface area contributed by atoms with Crippen LogP contribution in [0.4, 0.5) is 15.8 Å². The summed E-state index contributed by atoms with van der Waals surface area (Å²) in [6, 6.07) is 9.52. The Bertz CT molecular complexity index is 869. The second-order valence-corrected chi connectivity index (χ2v) is 7.02. The average molecular weight is 392 g/mol. The molecular formula is C19H19ClFN3O3. The van der Waals surface area contributed by atoms with Crippen LogP contribution >= 0.6 is 11.6 Å². The zero-order chi connectivity index (χ0) is 19.6. The van der Waals surface area contributed by atoms with Crippen LogP contribution < -0.4 is 4.90 Å². The highest BCUT2D eigenvalue weighted by atomic mass is 35.5. The number of piperidine rings is 1. The van der Waals surface area contributed by atoms with E-state index < -0.39 is 16.6 Å². The van der Waals surface area contributed by atoms with E-state index in [1.165, 1.54) is 29.2 Å². The van der Waals surface area contributed by atoms with Gasteiger partial charge in [-0.1, -0.05) is 23.7 Å². The van der Waals surface area contributed by atoms with Crippen molar-refractivity contribution >= 4 is 28.9 Å². The molecule has 1 amide bonds. The first-order valence-electron chi connectivity index (χ1n) is 8.59. The Balaban J connectivity index is 2.09. The van der Waals surface area contributed by atoms with Crippen LogP contribution in [-0.4, -0.2) is 41.9 Å². The van der Waals surface area contributed by atoms with E-state index in [0.717, 1.165) is 19.2 Å². The minimum absolute atomic E-state index is 0.168. The van der Waals surface area contributed by atoms with Gasteiger partial charge in [0.25, 0.3) is 11.6 Å². The molecule has 0 radical (unpaired) electrons. The van der Waals surface area contributed by atoms with E-state index in [0.29, 0.717) is 12.8 Å². The van der Waals surface area contributed by atoms with Gasteiger partial charge in [0.05, 0.1) is 10.5 Å². The van der Waals surface area contributed by atoms with Crippen molar-refractivity contribution in [1.29, 1.82) is 0 Å². The molecule has 3 rings (SSSR count). The summed E-state index contributed by atoms with van der Waals surface area (Å²) in [7, 11) is 1.98. The van der Waals surface area contributed by atoms with Gasteiger partial charge in [-0.05, 0) is 57.2 Å². The molecule has 0 spiro atoms. The summed E-state index contributed by atoms with van der Waals surface area (Å²) in [5.41, 5.74) is -0.215. The fraction of sp³-hybridized carbons (Fsp3) is 0.316. The van der Waals surface area contributed by atoms with Crippen LogP contribution in [0.3, 0.4) is 0 Å². The van der Waals surface area contributed by atoms with Crippen LogP contribution in [0, 0.1) is 15.9 Å². The van der Waals surface area contributed by atoms with Crippen LogP contribution in [0.1, 0.15) is 23.2 Å². The molecular weight excluding hydrogens is 373 g/mol. The van der Waals surface area contributed by atoms with Crippen LogP contribution in [-0.2, 0) is 0 Å². The van der Waals surface area contributed by atoms with Crippen molar-refractivity contribution in [2.75, 3.05) is 25.0 Å². The monoisotopic (exact) mass is 391 g/mol. The van der Waals surface area contributed by atoms with Gasteiger partial charge >= 0.3 is 0 Å². The Hall–Kier alpha value is -2.51. The van der Waals surface area contributed by atoms with E-state index in [9.17, 15) is 19.3 Å². The lowest BCUT2D eigenvalue weighted by Crippen LogP contribution is -2.47. The molecule has 6 nitrogen and oxygen atoms in total. The minimum atomic E-state index is -0.707. The standard InChI is InChI=1S/C19H19ClFN3O3/c1-22-10-8-14(9-11-22)23(17-4-2-3-5-18(17)24(26)27)19(25)15-12-13(20)6-7-16(15)21/h2-7,12,14H,8-11H2,1H3. The Morgan fingerprint density at radius 3 is 2.59 bits per heavy atom. The summed E-state index contributed by atoms with van der Waals surface area (Å²) in [6.07, 6.45) is 1.27. The van der Waals surface area contributed by atoms with Gasteiger partial charge < -0.3 is 4.90 Å². The molecule has 8 heteroatoms. The third-order valence-electron chi connectivity index (χ3n) is 4.77. The topological polar surface area (TPSA) is 66.7 Å². The number of nitro groups is 1. The number of nitro benzene ring substituents is 1. The van der Waals surface area contributed by atoms with E-state index in [1.807, 2.05) is 7.05 Å². The number of carbonyl (C=O) groups excluding carboxylic acids is 1. The number of hydrogen-bond donors (Lipinski definition) is 0. The number of hydrogen-bond acceptors (Lipinski definition) is 4. The van der Waals surface area contributed by atoms with Gasteiger partial charge in [-0.15, -0.1) is 0 Å². The highest BCUT2D eigenvalue weighted by molar-refractivity contribution is 6.31. The molecule has 1 heterocycles. The van der Waals surface area contributed by atoms with Crippen LogP contribution in [0.15, 0.2) is 42.5 Å². The quantitative estimate of drug-likeness (QED) is 0.580. The Kier molecular flexibility index (Phi) is 5.72. The third-order valence-corrected chi connectivity index (χ3v) is 5.00. The number of rotatable bonds is 4. The van der Waals surface area contributed by atoms with Gasteiger partial charge in [-0.2, -0.15) is 0 Å². The normalized spacial score (nSPS) is 15.5. The van der Waals surface area contributed by atoms with Crippen LogP contribution in [0.25, 0.3) is 0 Å². The Labute approximate surface area is 161 Å². The molecule has 1 saturated heterocycles. The number of halogens is 2. The van der Waals surface area contributed by atoms with Crippen LogP contribution in [0.2, 0.25) is 5.02 Å². The molecule has 0 atom stereocenters. The fourth-order valence-electron chi connectivity index (χ4n) is 3.34. The predicted molar refractivity (Wildman–Crippen MR) is 102 cm³/mol.